The molecule has 1 aromatic carbocycles. The van der Waals surface area contributed by atoms with Gasteiger partial charge in [-0.3, -0.25) is 9.78 Å². The van der Waals surface area contributed by atoms with E-state index < -0.39 is 15.1 Å². The molecule has 0 fully saturated rings. The van der Waals surface area contributed by atoms with Crippen LogP contribution < -0.4 is 10.1 Å². The van der Waals surface area contributed by atoms with Gasteiger partial charge in [0.15, 0.2) is 9.84 Å². The van der Waals surface area contributed by atoms with Crippen LogP contribution in [0.4, 0.5) is 0 Å². The van der Waals surface area contributed by atoms with Crippen LogP contribution in [0.15, 0.2) is 71.2 Å². The number of nitrogens with one attached hydrogen (secondary N) is 1. The third-order valence-electron chi connectivity index (χ3n) is 4.22. The summed E-state index contributed by atoms with van der Waals surface area (Å²) in [5, 5.41) is 3.71. The van der Waals surface area contributed by atoms with E-state index in [4.69, 9.17) is 4.74 Å². The average molecular weight is 417 g/mol. The molecule has 28 heavy (non-hydrogen) atoms. The Morgan fingerprint density at radius 2 is 1.96 bits per heavy atom. The van der Waals surface area contributed by atoms with Gasteiger partial charge in [-0.05, 0) is 47.3 Å². The van der Waals surface area contributed by atoms with Crippen molar-refractivity contribution in [3.8, 4) is 5.75 Å². The number of methoxy groups -OCH3 is 1. The lowest BCUT2D eigenvalue weighted by atomic mass is 10.2. The summed E-state index contributed by atoms with van der Waals surface area (Å²) in [4.78, 5) is 17.4. The number of carbonyl (C=O) groups excluding carboxylic acids is 1. The number of aromatic nitrogens is 1. The number of hydrogen-bond acceptors (Lipinski definition) is 6. The third-order valence-corrected chi connectivity index (χ3v) is 7.21. The minimum atomic E-state index is -3.74. The predicted molar refractivity (Wildman–Crippen MR) is 108 cm³/mol. The summed E-state index contributed by atoms with van der Waals surface area (Å²) in [6, 6.07) is 13.3. The molecular weight excluding hydrogens is 396 g/mol. The van der Waals surface area contributed by atoms with Crippen molar-refractivity contribution in [2.75, 3.05) is 13.7 Å². The van der Waals surface area contributed by atoms with Crippen molar-refractivity contribution in [3.05, 3.63) is 76.7 Å². The van der Waals surface area contributed by atoms with Crippen LogP contribution in [0.2, 0.25) is 0 Å². The van der Waals surface area contributed by atoms with Crippen molar-refractivity contribution in [2.24, 2.45) is 0 Å². The van der Waals surface area contributed by atoms with Crippen LogP contribution in [0.25, 0.3) is 0 Å². The molecule has 1 amide bonds. The molecule has 0 aliphatic rings. The van der Waals surface area contributed by atoms with Crippen molar-refractivity contribution < 1.29 is 17.9 Å². The van der Waals surface area contributed by atoms with Gasteiger partial charge >= 0.3 is 0 Å². The Hall–Kier alpha value is -2.71. The average Bonchev–Trinajstić information content (AvgIpc) is 3.22. The van der Waals surface area contributed by atoms with Crippen molar-refractivity contribution in [1.29, 1.82) is 0 Å². The largest absolute Gasteiger partial charge is 0.497 e. The van der Waals surface area contributed by atoms with Gasteiger partial charge in [-0.2, -0.15) is 0 Å². The molecule has 2 aromatic heterocycles. The second-order valence-electron chi connectivity index (χ2n) is 6.06. The molecule has 0 aliphatic carbocycles. The number of hydrogen-bond donors (Lipinski definition) is 1. The number of nitrogens with zero attached hydrogens (tertiary/aromatic N) is 1. The lowest BCUT2D eigenvalue weighted by molar-refractivity contribution is -0.120. The van der Waals surface area contributed by atoms with Crippen LogP contribution in [-0.4, -0.2) is 33.0 Å². The van der Waals surface area contributed by atoms with E-state index in [2.05, 4.69) is 10.3 Å². The predicted octanol–water partition coefficient (Wildman–Crippen LogP) is 3.03. The van der Waals surface area contributed by atoms with Gasteiger partial charge in [-0.25, -0.2) is 8.42 Å². The Bertz CT molecular complexity index is 1000. The summed E-state index contributed by atoms with van der Waals surface area (Å²) in [5.41, 5.74) is 0.523. The van der Waals surface area contributed by atoms with E-state index in [1.807, 2.05) is 17.5 Å². The standard InChI is InChI=1S/C20H20N2O4S2/c1-26-16-6-8-18(9-7-16)28(24,25)19(15-4-2-10-21-13-15)14-22-20(23)12-17-5-3-11-27-17/h2-11,13,19H,12,14H2,1H3,(H,22,23)/t19-/m1/s1. The molecule has 0 saturated carbocycles. The molecule has 0 unspecified atom stereocenters. The Morgan fingerprint density at radius 1 is 1.18 bits per heavy atom. The van der Waals surface area contributed by atoms with Crippen LogP contribution in [0.3, 0.4) is 0 Å². The highest BCUT2D eigenvalue weighted by molar-refractivity contribution is 7.91. The van der Waals surface area contributed by atoms with Crippen LogP contribution in [-0.2, 0) is 21.1 Å². The number of carbonyl (C=O) groups is 1. The van der Waals surface area contributed by atoms with Gasteiger partial charge in [0, 0.05) is 23.8 Å². The zero-order chi connectivity index (χ0) is 20.0. The first-order valence-electron chi connectivity index (χ1n) is 8.57. The molecule has 146 valence electrons. The van der Waals surface area contributed by atoms with E-state index in [0.29, 0.717) is 11.3 Å². The monoisotopic (exact) mass is 416 g/mol. The zero-order valence-corrected chi connectivity index (χ0v) is 16.9. The summed E-state index contributed by atoms with van der Waals surface area (Å²) < 4.78 is 31.6. The van der Waals surface area contributed by atoms with Gasteiger partial charge in [0.05, 0.1) is 18.4 Å². The molecule has 2 heterocycles. The molecule has 0 saturated heterocycles. The van der Waals surface area contributed by atoms with Crippen molar-refractivity contribution >= 4 is 27.1 Å². The Morgan fingerprint density at radius 3 is 2.57 bits per heavy atom. The normalized spacial score (nSPS) is 12.3. The summed E-state index contributed by atoms with van der Waals surface area (Å²) in [6.45, 7) is -0.0374. The number of thiophene rings is 1. The summed E-state index contributed by atoms with van der Waals surface area (Å²) in [5.74, 6) is 0.349. The van der Waals surface area contributed by atoms with Gasteiger partial charge in [-0.1, -0.05) is 12.1 Å². The molecule has 1 N–H and O–H groups in total. The van der Waals surface area contributed by atoms with Gasteiger partial charge < -0.3 is 10.1 Å². The van der Waals surface area contributed by atoms with E-state index in [9.17, 15) is 13.2 Å². The number of sulfone groups is 1. The third kappa shape index (κ3) is 4.76. The van der Waals surface area contributed by atoms with Gasteiger partial charge in [0.2, 0.25) is 5.91 Å². The lowest BCUT2D eigenvalue weighted by Gasteiger charge is -2.19. The van der Waals surface area contributed by atoms with Crippen molar-refractivity contribution in [1.82, 2.24) is 10.3 Å². The lowest BCUT2D eigenvalue weighted by Crippen LogP contribution is -2.32. The van der Waals surface area contributed by atoms with E-state index in [-0.39, 0.29) is 23.8 Å². The maximum atomic E-state index is 13.2. The second-order valence-corrected chi connectivity index (χ2v) is 9.22. The number of amides is 1. The minimum Gasteiger partial charge on any atom is -0.497 e. The molecule has 8 heteroatoms. The van der Waals surface area contributed by atoms with E-state index in [1.54, 1.807) is 30.5 Å². The Balaban J connectivity index is 1.83. The second kappa shape index (κ2) is 8.99. The Labute approximate surface area is 168 Å². The smallest absolute Gasteiger partial charge is 0.225 e. The van der Waals surface area contributed by atoms with E-state index >= 15 is 0 Å². The molecule has 6 nitrogen and oxygen atoms in total. The molecule has 0 bridgehead atoms. The van der Waals surface area contributed by atoms with Crippen molar-refractivity contribution in [2.45, 2.75) is 16.6 Å². The molecule has 3 rings (SSSR count). The molecular formula is C20H20N2O4S2. The maximum Gasteiger partial charge on any atom is 0.225 e. The number of ether oxygens (including phenoxy) is 1. The molecule has 0 radical (unpaired) electrons. The fraction of sp³-hybridized carbons (Fsp3) is 0.200. The van der Waals surface area contributed by atoms with Gasteiger partial charge in [-0.15, -0.1) is 11.3 Å². The first-order chi connectivity index (χ1) is 13.5. The number of pyridine rings is 1. The van der Waals surface area contributed by atoms with Crippen LogP contribution in [0, 0.1) is 0 Å². The summed E-state index contributed by atoms with van der Waals surface area (Å²) in [7, 11) is -2.23. The summed E-state index contributed by atoms with van der Waals surface area (Å²) >= 11 is 1.49. The van der Waals surface area contributed by atoms with Crippen LogP contribution >= 0.6 is 11.3 Å². The van der Waals surface area contributed by atoms with Crippen LogP contribution in [0.5, 0.6) is 5.75 Å². The summed E-state index contributed by atoms with van der Waals surface area (Å²) in [6.07, 6.45) is 3.31. The fourth-order valence-electron chi connectivity index (χ4n) is 2.74. The first kappa shape index (κ1) is 20.0. The maximum absolute atomic E-state index is 13.2. The van der Waals surface area contributed by atoms with Crippen molar-refractivity contribution in [3.63, 3.8) is 0 Å². The Kier molecular flexibility index (Phi) is 6.43. The van der Waals surface area contributed by atoms with Gasteiger partial charge in [0.25, 0.3) is 0 Å². The zero-order valence-electron chi connectivity index (χ0n) is 15.2. The molecule has 0 spiro atoms. The SMILES string of the molecule is COc1ccc(S(=O)(=O)[C@H](CNC(=O)Cc2cccs2)c2cccnc2)cc1. The van der Waals surface area contributed by atoms with Gasteiger partial charge in [0.1, 0.15) is 11.0 Å². The van der Waals surface area contributed by atoms with E-state index in [1.165, 1.54) is 36.8 Å². The number of rotatable bonds is 8. The molecule has 0 aliphatic heterocycles. The first-order valence-corrected chi connectivity index (χ1v) is 11.0. The molecule has 1 atom stereocenters. The number of benzene rings is 1. The highest BCUT2D eigenvalue weighted by atomic mass is 32.2. The topological polar surface area (TPSA) is 85.4 Å². The van der Waals surface area contributed by atoms with Crippen LogP contribution in [0.1, 0.15) is 15.7 Å². The highest BCUT2D eigenvalue weighted by Crippen LogP contribution is 2.29. The van der Waals surface area contributed by atoms with E-state index in [0.717, 1.165) is 4.88 Å². The molecule has 3 aromatic rings. The quantitative estimate of drug-likeness (QED) is 0.610. The highest BCUT2D eigenvalue weighted by Gasteiger charge is 2.30. The fourth-order valence-corrected chi connectivity index (χ4v) is 5.09. The minimum absolute atomic E-state index is 0.0374.